The molecule has 38 heavy (non-hydrogen) atoms. The van der Waals surface area contributed by atoms with E-state index in [1.807, 2.05) is 0 Å². The van der Waals surface area contributed by atoms with Gasteiger partial charge in [0.15, 0.2) is 6.10 Å². The molecule has 1 unspecified atom stereocenters. The lowest BCUT2D eigenvalue weighted by Gasteiger charge is -2.23. The number of hydrogen-bond donors (Lipinski definition) is 1. The number of halogens is 3. The molecule has 2 aromatic carbocycles. The van der Waals surface area contributed by atoms with Gasteiger partial charge in [-0.1, -0.05) is 37.8 Å². The van der Waals surface area contributed by atoms with Crippen LogP contribution in [0.2, 0.25) is 0 Å². The fraction of sp³-hybridized carbons (Fsp3) is 0.500. The van der Waals surface area contributed by atoms with E-state index in [4.69, 9.17) is 14.2 Å². The number of hydrogen-bond acceptors (Lipinski definition) is 5. The molecule has 1 N–H and O–H groups in total. The third-order valence-corrected chi connectivity index (χ3v) is 6.54. The van der Waals surface area contributed by atoms with Crippen LogP contribution in [-0.4, -0.2) is 54.5 Å². The highest BCUT2D eigenvalue weighted by Gasteiger charge is 2.30. The Hall–Kier alpha value is -3.27. The van der Waals surface area contributed by atoms with Crippen LogP contribution in [0.25, 0.3) is 0 Å². The van der Waals surface area contributed by atoms with Crippen LogP contribution < -0.4 is 9.47 Å². The molecule has 0 spiro atoms. The first kappa shape index (κ1) is 29.3. The number of ether oxygens (including phenoxy) is 3. The molecule has 0 saturated heterocycles. The maximum absolute atomic E-state index is 12.9. The van der Waals surface area contributed by atoms with Crippen molar-refractivity contribution in [2.24, 2.45) is 5.92 Å². The van der Waals surface area contributed by atoms with Crippen LogP contribution in [0.1, 0.15) is 50.2 Å². The van der Waals surface area contributed by atoms with Crippen molar-refractivity contribution >= 4 is 12.1 Å². The second kappa shape index (κ2) is 14.0. The number of benzene rings is 2. The first-order chi connectivity index (χ1) is 18.2. The first-order valence-electron chi connectivity index (χ1n) is 12.9. The van der Waals surface area contributed by atoms with Crippen molar-refractivity contribution in [2.45, 2.75) is 57.7 Å². The summed E-state index contributed by atoms with van der Waals surface area (Å²) in [4.78, 5) is 25.7. The van der Waals surface area contributed by atoms with E-state index < -0.39 is 29.9 Å². The highest BCUT2D eigenvalue weighted by molar-refractivity contribution is 5.72. The summed E-state index contributed by atoms with van der Waals surface area (Å²) in [6, 6.07) is 11.0. The molecule has 0 radical (unpaired) electrons. The zero-order chi connectivity index (χ0) is 27.5. The number of carboxylic acids is 1. The maximum Gasteiger partial charge on any atom is 0.416 e. The predicted molar refractivity (Wildman–Crippen MR) is 134 cm³/mol. The van der Waals surface area contributed by atoms with Gasteiger partial charge < -0.3 is 24.2 Å². The highest BCUT2D eigenvalue weighted by Crippen LogP contribution is 2.31. The lowest BCUT2D eigenvalue weighted by molar-refractivity contribution is -0.150. The van der Waals surface area contributed by atoms with E-state index >= 15 is 0 Å². The lowest BCUT2D eigenvalue weighted by Crippen LogP contribution is -2.38. The molecular formula is C28H34F3NO6. The van der Waals surface area contributed by atoms with Crippen molar-refractivity contribution in [1.82, 2.24) is 4.90 Å². The Morgan fingerprint density at radius 1 is 1.00 bits per heavy atom. The average molecular weight is 538 g/mol. The Morgan fingerprint density at radius 3 is 2.21 bits per heavy atom. The molecule has 0 aromatic heterocycles. The summed E-state index contributed by atoms with van der Waals surface area (Å²) in [5.74, 6) is 0.116. The lowest BCUT2D eigenvalue weighted by atomic mass is 10.0. The van der Waals surface area contributed by atoms with Crippen molar-refractivity contribution in [3.63, 3.8) is 0 Å². The molecule has 1 saturated carbocycles. The molecule has 0 aliphatic heterocycles. The zero-order valence-corrected chi connectivity index (χ0v) is 21.4. The Morgan fingerprint density at radius 2 is 1.63 bits per heavy atom. The number of alkyl halides is 3. The van der Waals surface area contributed by atoms with Gasteiger partial charge in [0.25, 0.3) is 0 Å². The standard InChI is InChI=1S/C28H34F3NO6/c1-2-36-25(26(33)34)19-21-7-11-23(12-8-21)37-18-17-32(16-15-20-5-3-4-6-20)27(35)38-24-13-9-22(10-14-24)28(29,30)31/h7-14,20,25H,2-6,15-19H2,1H3,(H,33,34). The van der Waals surface area contributed by atoms with Crippen LogP contribution in [0.5, 0.6) is 11.5 Å². The molecule has 10 heteroatoms. The number of aliphatic carboxylic acids is 1. The fourth-order valence-corrected chi connectivity index (χ4v) is 4.44. The molecule has 1 atom stereocenters. The number of amides is 1. The van der Waals surface area contributed by atoms with Gasteiger partial charge in [0.1, 0.15) is 18.1 Å². The van der Waals surface area contributed by atoms with Gasteiger partial charge in [0, 0.05) is 19.6 Å². The van der Waals surface area contributed by atoms with Gasteiger partial charge in [0.2, 0.25) is 0 Å². The summed E-state index contributed by atoms with van der Waals surface area (Å²) in [6.07, 6.45) is -0.377. The molecular weight excluding hydrogens is 503 g/mol. The minimum absolute atomic E-state index is 0.0390. The third-order valence-electron chi connectivity index (χ3n) is 6.54. The van der Waals surface area contributed by atoms with E-state index in [1.165, 1.54) is 17.7 Å². The molecule has 1 aliphatic rings. The van der Waals surface area contributed by atoms with Crippen molar-refractivity contribution in [1.29, 1.82) is 0 Å². The molecule has 7 nitrogen and oxygen atoms in total. The zero-order valence-electron chi connectivity index (χ0n) is 21.4. The highest BCUT2D eigenvalue weighted by atomic mass is 19.4. The first-order valence-corrected chi connectivity index (χ1v) is 12.9. The van der Waals surface area contributed by atoms with E-state index in [9.17, 15) is 27.9 Å². The molecule has 3 rings (SSSR count). The van der Waals surface area contributed by atoms with E-state index in [1.54, 1.807) is 31.2 Å². The number of nitrogens with zero attached hydrogens (tertiary/aromatic N) is 1. The van der Waals surface area contributed by atoms with Gasteiger partial charge in [-0.2, -0.15) is 13.2 Å². The van der Waals surface area contributed by atoms with Crippen molar-refractivity contribution in [2.75, 3.05) is 26.3 Å². The normalized spacial score (nSPS) is 14.7. The van der Waals surface area contributed by atoms with E-state index in [2.05, 4.69) is 0 Å². The van der Waals surface area contributed by atoms with Crippen LogP contribution in [0.4, 0.5) is 18.0 Å². The number of carboxylic acid groups (broad SMARTS) is 1. The summed E-state index contributed by atoms with van der Waals surface area (Å²) < 4.78 is 54.9. The van der Waals surface area contributed by atoms with Gasteiger partial charge >= 0.3 is 18.2 Å². The Balaban J connectivity index is 1.56. The van der Waals surface area contributed by atoms with Gasteiger partial charge in [-0.25, -0.2) is 9.59 Å². The molecule has 1 fully saturated rings. The Kier molecular flexibility index (Phi) is 10.8. The summed E-state index contributed by atoms with van der Waals surface area (Å²) in [7, 11) is 0. The third kappa shape index (κ3) is 9.24. The maximum atomic E-state index is 12.9. The Labute approximate surface area is 220 Å². The van der Waals surface area contributed by atoms with E-state index in [-0.39, 0.29) is 25.3 Å². The number of carbonyl (C=O) groups is 2. The Bertz CT molecular complexity index is 1020. The van der Waals surface area contributed by atoms with Gasteiger partial charge in [-0.05, 0) is 61.2 Å². The summed E-state index contributed by atoms with van der Waals surface area (Å²) in [5, 5.41) is 9.25. The molecule has 1 amide bonds. The smallest absolute Gasteiger partial charge is 0.416 e. The van der Waals surface area contributed by atoms with Crippen molar-refractivity contribution < 1.29 is 42.1 Å². The summed E-state index contributed by atoms with van der Waals surface area (Å²) >= 11 is 0. The number of rotatable bonds is 13. The predicted octanol–water partition coefficient (Wildman–Crippen LogP) is 6.20. The summed E-state index contributed by atoms with van der Waals surface area (Å²) in [5.41, 5.74) is -0.0253. The SMILES string of the molecule is CCOC(Cc1ccc(OCCN(CCC2CCCC2)C(=O)Oc2ccc(C(F)(F)F)cc2)cc1)C(=O)O. The van der Waals surface area contributed by atoms with Crippen LogP contribution >= 0.6 is 0 Å². The molecule has 2 aromatic rings. The van der Waals surface area contributed by atoms with Crippen molar-refractivity contribution in [3.8, 4) is 11.5 Å². The monoisotopic (exact) mass is 537 g/mol. The second-order valence-corrected chi connectivity index (χ2v) is 9.30. The van der Waals surface area contributed by atoms with Crippen LogP contribution in [-0.2, 0) is 22.1 Å². The fourth-order valence-electron chi connectivity index (χ4n) is 4.44. The van der Waals surface area contributed by atoms with Crippen LogP contribution in [0, 0.1) is 5.92 Å². The average Bonchev–Trinajstić information content (AvgIpc) is 3.40. The summed E-state index contributed by atoms with van der Waals surface area (Å²) in [6.45, 7) is 2.92. The van der Waals surface area contributed by atoms with E-state index in [0.29, 0.717) is 24.8 Å². The van der Waals surface area contributed by atoms with E-state index in [0.717, 1.165) is 49.1 Å². The molecule has 1 aliphatic carbocycles. The van der Waals surface area contributed by atoms with Gasteiger partial charge in [0.05, 0.1) is 12.1 Å². The van der Waals surface area contributed by atoms with Gasteiger partial charge in [-0.15, -0.1) is 0 Å². The number of carbonyl (C=O) groups excluding carboxylic acids is 1. The molecule has 208 valence electrons. The minimum Gasteiger partial charge on any atom is -0.492 e. The molecule has 0 heterocycles. The molecule has 0 bridgehead atoms. The van der Waals surface area contributed by atoms with Crippen LogP contribution in [0.3, 0.4) is 0 Å². The van der Waals surface area contributed by atoms with Crippen molar-refractivity contribution in [3.05, 3.63) is 59.7 Å². The topological polar surface area (TPSA) is 85.3 Å². The largest absolute Gasteiger partial charge is 0.492 e. The van der Waals surface area contributed by atoms with Gasteiger partial charge in [-0.3, -0.25) is 0 Å². The van der Waals surface area contributed by atoms with Crippen LogP contribution in [0.15, 0.2) is 48.5 Å². The second-order valence-electron chi connectivity index (χ2n) is 9.30. The quantitative estimate of drug-likeness (QED) is 0.328. The minimum atomic E-state index is -4.47.